The third kappa shape index (κ3) is 12.8. The molecule has 0 amide bonds. The van der Waals surface area contributed by atoms with E-state index in [-0.39, 0.29) is 13.6 Å². The Morgan fingerprint density at radius 2 is 1.32 bits per heavy atom. The van der Waals surface area contributed by atoms with Crippen LogP contribution >= 0.6 is 0 Å². The third-order valence-corrected chi connectivity index (χ3v) is 9.65. The number of hydrogen-bond acceptors (Lipinski definition) is 6. The van der Waals surface area contributed by atoms with Crippen molar-refractivity contribution >= 4 is 28.3 Å². The summed E-state index contributed by atoms with van der Waals surface area (Å²) in [5.41, 5.74) is 3.09. The molecule has 0 saturated heterocycles. The minimum atomic E-state index is -1.14. The molecule has 0 spiro atoms. The molecule has 0 aliphatic carbocycles. The fourth-order valence-electron chi connectivity index (χ4n) is 3.69. The standard InChI is InChI=1S/C32H50O6Si2/c1-10-11-12-29-27(22-28(23-31(29)33-2)37-24-35-17-19-39(4,5)6)15-13-26-14-16-30(32(21-26)34-3)38-25-36-18-20-40(7,8)9/h10-11,13-16,21-23H,12,17-20,24-25H2,1-9H3/b11-10+,15-13+. The van der Waals surface area contributed by atoms with E-state index in [1.807, 2.05) is 43.3 Å². The Morgan fingerprint density at radius 1 is 0.700 bits per heavy atom. The van der Waals surface area contributed by atoms with Crippen LogP contribution in [0.1, 0.15) is 23.6 Å². The predicted molar refractivity (Wildman–Crippen MR) is 173 cm³/mol. The third-order valence-electron chi connectivity index (χ3n) is 6.24. The van der Waals surface area contributed by atoms with Gasteiger partial charge in [-0.05, 0) is 54.8 Å². The van der Waals surface area contributed by atoms with E-state index in [1.54, 1.807) is 14.2 Å². The van der Waals surface area contributed by atoms with Crippen molar-refractivity contribution in [3.8, 4) is 23.0 Å². The van der Waals surface area contributed by atoms with Crippen LogP contribution in [0.4, 0.5) is 0 Å². The number of benzene rings is 2. The molecule has 0 radical (unpaired) electrons. The van der Waals surface area contributed by atoms with Crippen LogP contribution in [0.5, 0.6) is 23.0 Å². The fraction of sp³-hybridized carbons (Fsp3) is 0.500. The van der Waals surface area contributed by atoms with Crippen molar-refractivity contribution in [1.82, 2.24) is 0 Å². The van der Waals surface area contributed by atoms with E-state index in [1.165, 1.54) is 0 Å². The first-order chi connectivity index (χ1) is 19.0. The smallest absolute Gasteiger partial charge is 0.189 e. The normalized spacial score (nSPS) is 12.3. The van der Waals surface area contributed by atoms with Crippen molar-refractivity contribution in [1.29, 1.82) is 0 Å². The van der Waals surface area contributed by atoms with Crippen LogP contribution in [-0.2, 0) is 15.9 Å². The molecule has 2 aromatic carbocycles. The Morgan fingerprint density at radius 3 is 1.90 bits per heavy atom. The molecular weight excluding hydrogens is 537 g/mol. The summed E-state index contributed by atoms with van der Waals surface area (Å²) in [5.74, 6) is 2.82. The molecule has 222 valence electrons. The van der Waals surface area contributed by atoms with Gasteiger partial charge >= 0.3 is 0 Å². The molecule has 0 aliphatic rings. The van der Waals surface area contributed by atoms with E-state index in [9.17, 15) is 0 Å². The van der Waals surface area contributed by atoms with Crippen molar-refractivity contribution in [3.05, 3.63) is 59.2 Å². The topological polar surface area (TPSA) is 55.4 Å². The van der Waals surface area contributed by atoms with Crippen LogP contribution in [0.2, 0.25) is 51.4 Å². The average Bonchev–Trinajstić information content (AvgIpc) is 2.89. The Balaban J connectivity index is 2.17. The lowest BCUT2D eigenvalue weighted by Gasteiger charge is -2.17. The van der Waals surface area contributed by atoms with Gasteiger partial charge in [0.2, 0.25) is 0 Å². The highest BCUT2D eigenvalue weighted by molar-refractivity contribution is 6.76. The molecule has 0 fully saturated rings. The Hall–Kier alpha value is -2.53. The van der Waals surface area contributed by atoms with Gasteiger partial charge < -0.3 is 28.4 Å². The van der Waals surface area contributed by atoms with Gasteiger partial charge in [-0.25, -0.2) is 0 Å². The number of allylic oxidation sites excluding steroid dienone is 2. The van der Waals surface area contributed by atoms with Crippen LogP contribution in [-0.4, -0.2) is 57.2 Å². The van der Waals surface area contributed by atoms with Crippen LogP contribution in [0.3, 0.4) is 0 Å². The van der Waals surface area contributed by atoms with Gasteiger partial charge in [0.1, 0.15) is 11.5 Å². The van der Waals surface area contributed by atoms with Gasteiger partial charge in [0.25, 0.3) is 0 Å². The van der Waals surface area contributed by atoms with Crippen molar-refractivity contribution in [2.75, 3.05) is 41.0 Å². The summed E-state index contributed by atoms with van der Waals surface area (Å²) in [6.07, 6.45) is 9.05. The van der Waals surface area contributed by atoms with Crippen molar-refractivity contribution in [3.63, 3.8) is 0 Å². The van der Waals surface area contributed by atoms with Crippen LogP contribution in [0.15, 0.2) is 42.5 Å². The zero-order valence-corrected chi connectivity index (χ0v) is 28.1. The SMILES string of the molecule is C/C=C/Cc1c(/C=C/c2ccc(OCOCC[Si](C)(C)C)c(OC)c2)cc(OCOCC[Si](C)(C)C)cc1OC. The molecule has 0 bridgehead atoms. The van der Waals surface area contributed by atoms with Crippen molar-refractivity contribution in [2.45, 2.75) is 64.7 Å². The fourth-order valence-corrected chi connectivity index (χ4v) is 5.20. The molecule has 0 unspecified atom stereocenters. The molecule has 0 aromatic heterocycles. The molecule has 40 heavy (non-hydrogen) atoms. The molecule has 2 aromatic rings. The van der Waals surface area contributed by atoms with Gasteiger partial charge in [0, 0.05) is 41.0 Å². The van der Waals surface area contributed by atoms with Gasteiger partial charge in [-0.1, -0.05) is 69.7 Å². The summed E-state index contributed by atoms with van der Waals surface area (Å²) in [7, 11) is 1.07. The number of rotatable bonds is 18. The molecule has 8 heteroatoms. The molecule has 0 saturated carbocycles. The lowest BCUT2D eigenvalue weighted by atomic mass is 10.0. The highest BCUT2D eigenvalue weighted by atomic mass is 28.3. The summed E-state index contributed by atoms with van der Waals surface area (Å²) in [4.78, 5) is 0. The molecule has 0 heterocycles. The minimum Gasteiger partial charge on any atom is -0.496 e. The van der Waals surface area contributed by atoms with Gasteiger partial charge in [-0.15, -0.1) is 0 Å². The van der Waals surface area contributed by atoms with Crippen LogP contribution in [0.25, 0.3) is 12.2 Å². The molecule has 6 nitrogen and oxygen atoms in total. The van der Waals surface area contributed by atoms with Gasteiger partial charge in [0.15, 0.2) is 25.1 Å². The summed E-state index contributed by atoms with van der Waals surface area (Å²) in [6.45, 7) is 17.9. The highest BCUT2D eigenvalue weighted by Crippen LogP contribution is 2.33. The monoisotopic (exact) mass is 586 g/mol. The zero-order chi connectivity index (χ0) is 29.6. The first-order valence-corrected chi connectivity index (χ1v) is 21.5. The lowest BCUT2D eigenvalue weighted by Crippen LogP contribution is -2.22. The number of ether oxygens (including phenoxy) is 6. The van der Waals surface area contributed by atoms with E-state index < -0.39 is 16.1 Å². The quantitative estimate of drug-likeness (QED) is 0.0575. The van der Waals surface area contributed by atoms with Gasteiger partial charge in [-0.3, -0.25) is 0 Å². The van der Waals surface area contributed by atoms with E-state index >= 15 is 0 Å². The van der Waals surface area contributed by atoms with Crippen molar-refractivity contribution in [2.24, 2.45) is 0 Å². The van der Waals surface area contributed by atoms with Crippen LogP contribution in [0, 0.1) is 0 Å². The zero-order valence-electron chi connectivity index (χ0n) is 26.1. The summed E-state index contributed by atoms with van der Waals surface area (Å²) < 4.78 is 34.6. The second-order valence-corrected chi connectivity index (χ2v) is 23.4. The average molecular weight is 587 g/mol. The predicted octanol–water partition coefficient (Wildman–Crippen LogP) is 8.38. The van der Waals surface area contributed by atoms with Gasteiger partial charge in [0.05, 0.1) is 14.2 Å². The van der Waals surface area contributed by atoms with E-state index in [2.05, 4.69) is 57.5 Å². The first kappa shape index (κ1) is 33.7. The molecule has 0 atom stereocenters. The summed E-state index contributed by atoms with van der Waals surface area (Å²) in [6, 6.07) is 12.1. The molecular formula is C32H50O6Si2. The minimum absolute atomic E-state index is 0.207. The van der Waals surface area contributed by atoms with Crippen molar-refractivity contribution < 1.29 is 28.4 Å². The Labute approximate surface area is 244 Å². The van der Waals surface area contributed by atoms with E-state index in [0.717, 1.165) is 40.9 Å². The Bertz CT molecular complexity index is 1100. The Kier molecular flexibility index (Phi) is 14.0. The molecule has 2 rings (SSSR count). The van der Waals surface area contributed by atoms with E-state index in [0.29, 0.717) is 30.5 Å². The maximum Gasteiger partial charge on any atom is 0.189 e. The second kappa shape index (κ2) is 16.7. The highest BCUT2D eigenvalue weighted by Gasteiger charge is 2.14. The lowest BCUT2D eigenvalue weighted by molar-refractivity contribution is 0.0205. The molecule has 0 aliphatic heterocycles. The van der Waals surface area contributed by atoms with E-state index in [4.69, 9.17) is 28.4 Å². The largest absolute Gasteiger partial charge is 0.496 e. The summed E-state index contributed by atoms with van der Waals surface area (Å²) in [5, 5.41) is 0. The second-order valence-electron chi connectivity index (χ2n) is 12.2. The maximum absolute atomic E-state index is 5.96. The number of methoxy groups -OCH3 is 2. The number of hydrogen-bond donors (Lipinski definition) is 0. The molecule has 0 N–H and O–H groups in total. The maximum atomic E-state index is 5.96. The van der Waals surface area contributed by atoms with Gasteiger partial charge in [-0.2, -0.15) is 0 Å². The first-order valence-electron chi connectivity index (χ1n) is 14.0. The summed E-state index contributed by atoms with van der Waals surface area (Å²) >= 11 is 0. The van der Waals surface area contributed by atoms with Crippen LogP contribution < -0.4 is 18.9 Å².